The highest BCUT2D eigenvalue weighted by Crippen LogP contribution is 2.37. The van der Waals surface area contributed by atoms with Gasteiger partial charge in [0.25, 0.3) is 0 Å². The summed E-state index contributed by atoms with van der Waals surface area (Å²) in [5, 5.41) is 2.79. The van der Waals surface area contributed by atoms with E-state index in [9.17, 15) is 9.59 Å². The summed E-state index contributed by atoms with van der Waals surface area (Å²) in [6.45, 7) is 0.665. The lowest BCUT2D eigenvalue weighted by Crippen LogP contribution is -2.33. The highest BCUT2D eigenvalue weighted by molar-refractivity contribution is 6.13. The Hall–Kier alpha value is -3.22. The van der Waals surface area contributed by atoms with E-state index in [1.54, 1.807) is 54.5 Å². The number of ether oxygens (including phenoxy) is 3. The molecule has 2 aliphatic rings. The summed E-state index contributed by atoms with van der Waals surface area (Å²) in [7, 11) is 1.58. The smallest absolute Gasteiger partial charge is 0.239 e. The van der Waals surface area contributed by atoms with E-state index in [-0.39, 0.29) is 18.6 Å². The zero-order chi connectivity index (χ0) is 18.1. The molecule has 2 aliphatic heterocycles. The van der Waals surface area contributed by atoms with Gasteiger partial charge in [0.1, 0.15) is 11.7 Å². The van der Waals surface area contributed by atoms with E-state index in [1.165, 1.54) is 0 Å². The summed E-state index contributed by atoms with van der Waals surface area (Å²) in [5.41, 5.74) is 1.34. The van der Waals surface area contributed by atoms with E-state index >= 15 is 0 Å². The van der Waals surface area contributed by atoms with Crippen molar-refractivity contribution in [3.63, 3.8) is 0 Å². The molecule has 2 amide bonds. The molecule has 0 radical (unpaired) electrons. The third kappa shape index (κ3) is 2.92. The number of nitrogens with one attached hydrogen (secondary N) is 1. The molecule has 1 saturated heterocycles. The number of fused-ring (bicyclic) bond motifs is 1. The number of anilines is 2. The first kappa shape index (κ1) is 16.3. The van der Waals surface area contributed by atoms with E-state index in [2.05, 4.69) is 5.32 Å². The van der Waals surface area contributed by atoms with Crippen molar-refractivity contribution in [1.29, 1.82) is 0 Å². The predicted molar refractivity (Wildman–Crippen MR) is 94.6 cm³/mol. The lowest BCUT2D eigenvalue weighted by Gasteiger charge is -2.17. The topological polar surface area (TPSA) is 77.1 Å². The number of benzene rings is 2. The highest BCUT2D eigenvalue weighted by Gasteiger charge is 2.38. The van der Waals surface area contributed by atoms with Gasteiger partial charge in [-0.15, -0.1) is 0 Å². The second-order valence-corrected chi connectivity index (χ2v) is 6.09. The van der Waals surface area contributed by atoms with E-state index in [4.69, 9.17) is 14.2 Å². The zero-order valence-corrected chi connectivity index (χ0v) is 14.2. The van der Waals surface area contributed by atoms with Crippen LogP contribution in [0.1, 0.15) is 6.42 Å². The van der Waals surface area contributed by atoms with Crippen molar-refractivity contribution >= 4 is 23.2 Å². The second kappa shape index (κ2) is 6.59. The number of methoxy groups -OCH3 is 1. The Morgan fingerprint density at radius 1 is 1.15 bits per heavy atom. The molecule has 1 fully saturated rings. The fourth-order valence-corrected chi connectivity index (χ4v) is 3.14. The van der Waals surface area contributed by atoms with E-state index in [1.807, 2.05) is 0 Å². The number of carbonyl (C=O) groups is 2. The Bertz CT molecular complexity index is 850. The molecule has 2 heterocycles. The molecule has 0 spiro atoms. The van der Waals surface area contributed by atoms with Gasteiger partial charge in [-0.25, -0.2) is 0 Å². The van der Waals surface area contributed by atoms with Crippen LogP contribution in [-0.2, 0) is 9.59 Å². The molecule has 7 nitrogen and oxygen atoms in total. The van der Waals surface area contributed by atoms with E-state index in [0.717, 1.165) is 0 Å². The number of hydrogen-bond donors (Lipinski definition) is 1. The van der Waals surface area contributed by atoms with Crippen LogP contribution in [0.3, 0.4) is 0 Å². The molecular weight excluding hydrogens is 336 g/mol. The fourth-order valence-electron chi connectivity index (χ4n) is 3.14. The summed E-state index contributed by atoms with van der Waals surface area (Å²) in [6.07, 6.45) is 0.468. The van der Waals surface area contributed by atoms with Crippen molar-refractivity contribution in [2.75, 3.05) is 30.7 Å². The average Bonchev–Trinajstić information content (AvgIpc) is 3.28. The van der Waals surface area contributed by atoms with Gasteiger partial charge in [-0.3, -0.25) is 9.59 Å². The maximum atomic E-state index is 12.7. The molecule has 0 unspecified atom stereocenters. The predicted octanol–water partition coefficient (Wildman–Crippen LogP) is 2.42. The van der Waals surface area contributed by atoms with Crippen LogP contribution in [0.25, 0.3) is 0 Å². The summed E-state index contributed by atoms with van der Waals surface area (Å²) >= 11 is 0. The maximum absolute atomic E-state index is 12.7. The molecule has 26 heavy (non-hydrogen) atoms. The maximum Gasteiger partial charge on any atom is 0.239 e. The third-order valence-electron chi connectivity index (χ3n) is 4.55. The first-order valence-corrected chi connectivity index (χ1v) is 8.31. The minimum Gasteiger partial charge on any atom is -0.497 e. The van der Waals surface area contributed by atoms with Crippen molar-refractivity contribution in [3.05, 3.63) is 42.5 Å². The monoisotopic (exact) mass is 354 g/mol. The van der Waals surface area contributed by atoms with Crippen LogP contribution >= 0.6 is 0 Å². The molecule has 0 aliphatic carbocycles. The molecular formula is C19H18N2O5. The summed E-state index contributed by atoms with van der Waals surface area (Å²) < 4.78 is 15.7. The van der Waals surface area contributed by atoms with Crippen molar-refractivity contribution in [1.82, 2.24) is 0 Å². The van der Waals surface area contributed by atoms with Gasteiger partial charge in [0.15, 0.2) is 11.5 Å². The summed E-state index contributed by atoms with van der Waals surface area (Å²) in [6, 6.07) is 12.3. The van der Waals surface area contributed by atoms with Crippen LogP contribution in [0.5, 0.6) is 17.2 Å². The Morgan fingerprint density at radius 3 is 2.69 bits per heavy atom. The first-order valence-electron chi connectivity index (χ1n) is 8.31. The van der Waals surface area contributed by atoms with Gasteiger partial charge >= 0.3 is 0 Å². The molecule has 4 rings (SSSR count). The summed E-state index contributed by atoms with van der Waals surface area (Å²) in [4.78, 5) is 26.8. The fraction of sp³-hybridized carbons (Fsp3) is 0.263. The molecule has 0 aromatic heterocycles. The van der Waals surface area contributed by atoms with Gasteiger partial charge in [0, 0.05) is 24.0 Å². The van der Waals surface area contributed by atoms with Crippen LogP contribution in [0.15, 0.2) is 42.5 Å². The van der Waals surface area contributed by atoms with Crippen LogP contribution < -0.4 is 24.4 Å². The SMILES string of the molecule is COc1ccc(NC(=O)[C@H]2CCN(c3ccc4c(c3)OCO4)C2=O)cc1. The Balaban J connectivity index is 1.45. The number of rotatable bonds is 4. The molecule has 1 atom stereocenters. The third-order valence-corrected chi connectivity index (χ3v) is 4.55. The Kier molecular flexibility index (Phi) is 4.12. The van der Waals surface area contributed by atoms with Gasteiger partial charge in [0.2, 0.25) is 18.6 Å². The minimum absolute atomic E-state index is 0.180. The number of nitrogens with zero attached hydrogens (tertiary/aromatic N) is 1. The van der Waals surface area contributed by atoms with Gasteiger partial charge in [-0.2, -0.15) is 0 Å². The molecule has 1 N–H and O–H groups in total. The highest BCUT2D eigenvalue weighted by atomic mass is 16.7. The standard InChI is InChI=1S/C19H18N2O5/c1-24-14-5-2-12(3-6-14)20-18(22)15-8-9-21(19(15)23)13-4-7-16-17(10-13)26-11-25-16/h2-7,10,15H,8-9,11H2,1H3,(H,20,22)/t15-/m1/s1. The van der Waals surface area contributed by atoms with Gasteiger partial charge in [-0.05, 0) is 42.8 Å². The van der Waals surface area contributed by atoms with Gasteiger partial charge < -0.3 is 24.4 Å². The quantitative estimate of drug-likeness (QED) is 0.854. The Labute approximate surface area is 150 Å². The molecule has 2 aromatic carbocycles. The van der Waals surface area contributed by atoms with Crippen molar-refractivity contribution < 1.29 is 23.8 Å². The lowest BCUT2D eigenvalue weighted by atomic mass is 10.1. The number of hydrogen-bond acceptors (Lipinski definition) is 5. The van der Waals surface area contributed by atoms with E-state index < -0.39 is 5.92 Å². The van der Waals surface area contributed by atoms with Crippen LogP contribution in [0.2, 0.25) is 0 Å². The normalized spacial score (nSPS) is 18.1. The number of amides is 2. The average molecular weight is 354 g/mol. The molecule has 7 heteroatoms. The van der Waals surface area contributed by atoms with Crippen LogP contribution in [0, 0.1) is 5.92 Å². The van der Waals surface area contributed by atoms with Crippen molar-refractivity contribution in [3.8, 4) is 17.2 Å². The second-order valence-electron chi connectivity index (χ2n) is 6.09. The zero-order valence-electron chi connectivity index (χ0n) is 14.2. The lowest BCUT2D eigenvalue weighted by molar-refractivity contribution is -0.129. The Morgan fingerprint density at radius 2 is 1.92 bits per heavy atom. The number of carbonyl (C=O) groups excluding carboxylic acids is 2. The van der Waals surface area contributed by atoms with Gasteiger partial charge in [-0.1, -0.05) is 0 Å². The van der Waals surface area contributed by atoms with Gasteiger partial charge in [0.05, 0.1) is 7.11 Å². The molecule has 0 saturated carbocycles. The van der Waals surface area contributed by atoms with Crippen molar-refractivity contribution in [2.45, 2.75) is 6.42 Å². The first-order chi connectivity index (χ1) is 12.7. The minimum atomic E-state index is -0.706. The van der Waals surface area contributed by atoms with Crippen molar-refractivity contribution in [2.24, 2.45) is 5.92 Å². The largest absolute Gasteiger partial charge is 0.497 e. The van der Waals surface area contributed by atoms with Crippen LogP contribution in [0.4, 0.5) is 11.4 Å². The molecule has 134 valence electrons. The molecule has 0 bridgehead atoms. The molecule has 2 aromatic rings. The summed E-state index contributed by atoms with van der Waals surface area (Å²) in [5.74, 6) is 0.755. The van der Waals surface area contributed by atoms with E-state index in [0.29, 0.717) is 41.6 Å². The van der Waals surface area contributed by atoms with Crippen LogP contribution in [-0.4, -0.2) is 32.3 Å².